The van der Waals surface area contributed by atoms with E-state index in [-0.39, 0.29) is 18.3 Å². The molecule has 8 heteroatoms. The summed E-state index contributed by atoms with van der Waals surface area (Å²) >= 11 is 0. The second-order valence-electron chi connectivity index (χ2n) is 7.76. The van der Waals surface area contributed by atoms with E-state index in [4.69, 9.17) is 18.9 Å². The zero-order valence-corrected chi connectivity index (χ0v) is 15.1. The molecule has 1 aromatic rings. The topological polar surface area (TPSA) is 87.9 Å². The Kier molecular flexibility index (Phi) is 4.36. The first-order valence-corrected chi connectivity index (χ1v) is 9.07. The number of hydrogen-bond donors (Lipinski definition) is 1. The average Bonchev–Trinajstić information content (AvgIpc) is 3.23. The largest absolute Gasteiger partial charge is 0.383 e. The predicted octanol–water partition coefficient (Wildman–Crippen LogP) is 1.32. The molecule has 1 saturated carbocycles. The van der Waals surface area contributed by atoms with Gasteiger partial charge in [0.15, 0.2) is 12.1 Å². The normalized spacial score (nSPS) is 36.5. The van der Waals surface area contributed by atoms with E-state index in [1.54, 1.807) is 11.8 Å². The molecule has 3 fully saturated rings. The van der Waals surface area contributed by atoms with Crippen LogP contribution in [0.2, 0.25) is 0 Å². The molecule has 0 spiro atoms. The zero-order chi connectivity index (χ0) is 17.7. The molecule has 0 unspecified atom stereocenters. The number of ether oxygens (including phenoxy) is 4. The molecule has 25 heavy (non-hydrogen) atoms. The second kappa shape index (κ2) is 6.28. The smallest absolute Gasteiger partial charge is 0.186 e. The number of hydrogen-bond acceptors (Lipinski definition) is 7. The van der Waals surface area contributed by atoms with E-state index < -0.39 is 17.7 Å². The van der Waals surface area contributed by atoms with Crippen LogP contribution in [-0.4, -0.2) is 57.6 Å². The predicted molar refractivity (Wildman–Crippen MR) is 86.5 cm³/mol. The van der Waals surface area contributed by atoms with Gasteiger partial charge in [0, 0.05) is 7.11 Å². The maximum atomic E-state index is 10.8. The third-order valence-electron chi connectivity index (χ3n) is 5.40. The minimum Gasteiger partial charge on any atom is -0.383 e. The van der Waals surface area contributed by atoms with Crippen LogP contribution >= 0.6 is 0 Å². The van der Waals surface area contributed by atoms with E-state index in [0.717, 1.165) is 25.7 Å². The molecule has 4 rings (SSSR count). The Hall–Kier alpha value is -1.06. The summed E-state index contributed by atoms with van der Waals surface area (Å²) in [5, 5.41) is 19.2. The highest BCUT2D eigenvalue weighted by molar-refractivity contribution is 5.08. The van der Waals surface area contributed by atoms with E-state index in [2.05, 4.69) is 10.3 Å². The van der Waals surface area contributed by atoms with Crippen molar-refractivity contribution in [3.8, 4) is 0 Å². The average molecular weight is 353 g/mol. The van der Waals surface area contributed by atoms with Crippen LogP contribution in [-0.2, 0) is 31.1 Å². The van der Waals surface area contributed by atoms with Crippen molar-refractivity contribution in [1.29, 1.82) is 0 Å². The minimum absolute atomic E-state index is 0.217. The molecule has 1 aromatic heterocycles. The van der Waals surface area contributed by atoms with Crippen molar-refractivity contribution in [2.75, 3.05) is 7.11 Å². The molecule has 0 radical (unpaired) electrons. The van der Waals surface area contributed by atoms with Gasteiger partial charge in [-0.15, -0.1) is 5.10 Å². The van der Waals surface area contributed by atoms with Gasteiger partial charge >= 0.3 is 0 Å². The molecule has 0 aromatic carbocycles. The molecule has 3 heterocycles. The SMILES string of the molecule is CO[C@@H]1O[C@H](Cn2cc(C3(O)CCCCC3)nn2)[C@H]2OC(C)(C)O[C@@H]12. The van der Waals surface area contributed by atoms with Crippen molar-refractivity contribution in [2.24, 2.45) is 0 Å². The number of aromatic nitrogens is 3. The molecule has 4 atom stereocenters. The lowest BCUT2D eigenvalue weighted by Gasteiger charge is -2.29. The second-order valence-corrected chi connectivity index (χ2v) is 7.76. The zero-order valence-electron chi connectivity index (χ0n) is 15.1. The van der Waals surface area contributed by atoms with E-state index in [1.165, 1.54) is 6.42 Å². The lowest BCUT2D eigenvalue weighted by atomic mass is 9.83. The number of fused-ring (bicyclic) bond motifs is 1. The van der Waals surface area contributed by atoms with E-state index >= 15 is 0 Å². The lowest BCUT2D eigenvalue weighted by Crippen LogP contribution is -2.33. The van der Waals surface area contributed by atoms with Crippen molar-refractivity contribution in [1.82, 2.24) is 15.0 Å². The molecular weight excluding hydrogens is 326 g/mol. The summed E-state index contributed by atoms with van der Waals surface area (Å²) in [5.74, 6) is -0.654. The fourth-order valence-corrected chi connectivity index (χ4v) is 4.16. The Morgan fingerprint density at radius 2 is 1.96 bits per heavy atom. The standard InChI is InChI=1S/C17H27N3O5/c1-16(2)24-13-11(23-15(22-3)14(13)25-16)9-20-10-12(18-19-20)17(21)7-5-4-6-8-17/h10-11,13-15,21H,4-9H2,1-3H3/t11-,13-,14-,15-/m1/s1. The van der Waals surface area contributed by atoms with Gasteiger partial charge in [-0.2, -0.15) is 0 Å². The Balaban J connectivity index is 1.47. The van der Waals surface area contributed by atoms with Crippen molar-refractivity contribution in [3.05, 3.63) is 11.9 Å². The molecule has 140 valence electrons. The van der Waals surface area contributed by atoms with Gasteiger partial charge in [0.1, 0.15) is 29.6 Å². The van der Waals surface area contributed by atoms with Crippen molar-refractivity contribution < 1.29 is 24.1 Å². The van der Waals surface area contributed by atoms with Crippen molar-refractivity contribution in [2.45, 2.75) is 88.5 Å². The molecule has 8 nitrogen and oxygen atoms in total. The molecule has 2 saturated heterocycles. The first kappa shape index (κ1) is 17.4. The molecule has 1 N–H and O–H groups in total. The number of aliphatic hydroxyl groups is 1. The Morgan fingerprint density at radius 3 is 2.68 bits per heavy atom. The third kappa shape index (κ3) is 3.21. The number of nitrogens with zero attached hydrogens (tertiary/aromatic N) is 3. The van der Waals surface area contributed by atoms with Gasteiger partial charge in [-0.25, -0.2) is 4.68 Å². The summed E-state index contributed by atoms with van der Waals surface area (Å²) < 4.78 is 24.9. The van der Waals surface area contributed by atoms with Crippen LogP contribution < -0.4 is 0 Å². The van der Waals surface area contributed by atoms with E-state index in [9.17, 15) is 5.11 Å². The van der Waals surface area contributed by atoms with Crippen LogP contribution in [0.4, 0.5) is 0 Å². The highest BCUT2D eigenvalue weighted by atomic mass is 16.8. The summed E-state index contributed by atoms with van der Waals surface area (Å²) in [6.45, 7) is 4.26. The molecular formula is C17H27N3O5. The van der Waals surface area contributed by atoms with Crippen LogP contribution in [0.15, 0.2) is 6.20 Å². The fraction of sp³-hybridized carbons (Fsp3) is 0.882. The highest BCUT2D eigenvalue weighted by Crippen LogP contribution is 2.40. The lowest BCUT2D eigenvalue weighted by molar-refractivity contribution is -0.228. The summed E-state index contributed by atoms with van der Waals surface area (Å²) in [5.41, 5.74) is -0.200. The van der Waals surface area contributed by atoms with Gasteiger partial charge in [0.25, 0.3) is 0 Å². The summed E-state index contributed by atoms with van der Waals surface area (Å²) in [7, 11) is 1.60. The van der Waals surface area contributed by atoms with E-state index in [0.29, 0.717) is 12.2 Å². The van der Waals surface area contributed by atoms with Gasteiger partial charge < -0.3 is 24.1 Å². The van der Waals surface area contributed by atoms with E-state index in [1.807, 2.05) is 20.0 Å². The van der Waals surface area contributed by atoms with Gasteiger partial charge in [0.05, 0.1) is 12.7 Å². The fourth-order valence-electron chi connectivity index (χ4n) is 4.16. The van der Waals surface area contributed by atoms with Gasteiger partial charge in [-0.1, -0.05) is 24.5 Å². The third-order valence-corrected chi connectivity index (χ3v) is 5.40. The van der Waals surface area contributed by atoms with Crippen molar-refractivity contribution >= 4 is 0 Å². The van der Waals surface area contributed by atoms with Gasteiger partial charge in [-0.05, 0) is 26.7 Å². The van der Waals surface area contributed by atoms with Crippen LogP contribution in [0.3, 0.4) is 0 Å². The Bertz CT molecular complexity index is 613. The maximum absolute atomic E-state index is 10.8. The molecule has 1 aliphatic carbocycles. The first-order valence-electron chi connectivity index (χ1n) is 9.07. The van der Waals surface area contributed by atoms with Crippen molar-refractivity contribution in [3.63, 3.8) is 0 Å². The Morgan fingerprint density at radius 1 is 1.24 bits per heavy atom. The van der Waals surface area contributed by atoms with Gasteiger partial charge in [0.2, 0.25) is 0 Å². The molecule has 3 aliphatic rings. The monoisotopic (exact) mass is 353 g/mol. The summed E-state index contributed by atoms with van der Waals surface area (Å²) in [4.78, 5) is 0. The van der Waals surface area contributed by atoms with Crippen LogP contribution in [0, 0.1) is 0 Å². The van der Waals surface area contributed by atoms with Crippen LogP contribution in [0.1, 0.15) is 51.6 Å². The number of methoxy groups -OCH3 is 1. The molecule has 0 amide bonds. The van der Waals surface area contributed by atoms with Crippen LogP contribution in [0.25, 0.3) is 0 Å². The maximum Gasteiger partial charge on any atom is 0.186 e. The summed E-state index contributed by atoms with van der Waals surface area (Å²) in [6, 6.07) is 0. The minimum atomic E-state index is -0.848. The quantitative estimate of drug-likeness (QED) is 0.873. The molecule has 2 aliphatic heterocycles. The first-order chi connectivity index (χ1) is 11.9. The Labute approximate surface area is 147 Å². The highest BCUT2D eigenvalue weighted by Gasteiger charge is 2.55. The van der Waals surface area contributed by atoms with Crippen LogP contribution in [0.5, 0.6) is 0 Å². The number of rotatable bonds is 4. The van der Waals surface area contributed by atoms with Gasteiger partial charge in [-0.3, -0.25) is 0 Å². The molecule has 0 bridgehead atoms. The summed E-state index contributed by atoms with van der Waals surface area (Å²) in [6.07, 6.45) is 5.35.